The van der Waals surface area contributed by atoms with Gasteiger partial charge < -0.3 is 9.42 Å². The number of hydrogen-bond acceptors (Lipinski definition) is 5. The molecule has 1 aromatic heterocycles. The first-order valence-electron chi connectivity index (χ1n) is 9.92. The number of benzene rings is 2. The van der Waals surface area contributed by atoms with Gasteiger partial charge in [0.15, 0.2) is 0 Å². The minimum absolute atomic E-state index is 0.113. The van der Waals surface area contributed by atoms with Crippen LogP contribution in [0, 0.1) is 12.7 Å². The van der Waals surface area contributed by atoms with Gasteiger partial charge in [0, 0.05) is 43.4 Å². The summed E-state index contributed by atoms with van der Waals surface area (Å²) in [5.74, 6) is 0.705. The maximum atomic E-state index is 13.7. The Morgan fingerprint density at radius 1 is 1.10 bits per heavy atom. The summed E-state index contributed by atoms with van der Waals surface area (Å²) < 4.78 is 19.1. The van der Waals surface area contributed by atoms with Gasteiger partial charge in [-0.05, 0) is 24.6 Å². The summed E-state index contributed by atoms with van der Waals surface area (Å²) in [6.07, 6.45) is 2.95. The molecule has 0 N–H and O–H groups in total. The molecular weight excluding hydrogens is 383 g/mol. The third-order valence-electron chi connectivity index (χ3n) is 5.21. The summed E-state index contributed by atoms with van der Waals surface area (Å²) in [5.41, 5.74) is 2.47. The lowest BCUT2D eigenvalue weighted by Gasteiger charge is -2.33. The van der Waals surface area contributed by atoms with Crippen LogP contribution in [0.4, 0.5) is 4.39 Å². The van der Waals surface area contributed by atoms with Gasteiger partial charge >= 0.3 is 0 Å². The lowest BCUT2D eigenvalue weighted by atomic mass is 10.1. The van der Waals surface area contributed by atoms with Gasteiger partial charge in [-0.2, -0.15) is 4.98 Å². The Morgan fingerprint density at radius 3 is 2.60 bits per heavy atom. The highest BCUT2D eigenvalue weighted by atomic mass is 19.1. The number of piperazine rings is 1. The molecule has 1 aliphatic rings. The number of hydrogen-bond donors (Lipinski definition) is 0. The standard InChI is InChI=1S/C23H23FN4O2/c1-17-6-2-4-8-19(17)23-25-21(30-26-23)16-27-12-14-28(15-13-27)22(29)11-10-18-7-3-5-9-20(18)24/h2-11H,12-16H2,1H3/b11-10+. The van der Waals surface area contributed by atoms with E-state index in [4.69, 9.17) is 4.52 Å². The van der Waals surface area contributed by atoms with Crippen molar-refractivity contribution in [3.05, 3.63) is 77.4 Å². The summed E-state index contributed by atoms with van der Waals surface area (Å²) in [7, 11) is 0. The quantitative estimate of drug-likeness (QED) is 0.607. The maximum absolute atomic E-state index is 13.7. The first kappa shape index (κ1) is 20.0. The van der Waals surface area contributed by atoms with E-state index >= 15 is 0 Å². The Morgan fingerprint density at radius 2 is 1.83 bits per heavy atom. The first-order valence-corrected chi connectivity index (χ1v) is 9.92. The van der Waals surface area contributed by atoms with E-state index in [1.165, 1.54) is 18.2 Å². The van der Waals surface area contributed by atoms with Gasteiger partial charge in [-0.15, -0.1) is 0 Å². The van der Waals surface area contributed by atoms with Crippen LogP contribution in [0.5, 0.6) is 0 Å². The molecule has 0 aliphatic carbocycles. The van der Waals surface area contributed by atoms with E-state index in [0.29, 0.717) is 50.0 Å². The Hall–Kier alpha value is -3.32. The SMILES string of the molecule is Cc1ccccc1-c1noc(CN2CCN(C(=O)/C=C/c3ccccc3F)CC2)n1. The van der Waals surface area contributed by atoms with Crippen molar-refractivity contribution < 1.29 is 13.7 Å². The van der Waals surface area contributed by atoms with Crippen molar-refractivity contribution in [2.24, 2.45) is 0 Å². The molecule has 2 aromatic carbocycles. The molecule has 0 atom stereocenters. The number of carbonyl (C=O) groups is 1. The van der Waals surface area contributed by atoms with Crippen LogP contribution < -0.4 is 0 Å². The van der Waals surface area contributed by atoms with E-state index in [0.717, 1.165) is 11.1 Å². The summed E-state index contributed by atoms with van der Waals surface area (Å²) in [6, 6.07) is 14.3. The molecule has 1 saturated heterocycles. The van der Waals surface area contributed by atoms with Crippen LogP contribution in [0.2, 0.25) is 0 Å². The van der Waals surface area contributed by atoms with Gasteiger partial charge in [-0.1, -0.05) is 47.6 Å². The summed E-state index contributed by atoms with van der Waals surface area (Å²) in [5, 5.41) is 4.10. The lowest BCUT2D eigenvalue weighted by molar-refractivity contribution is -0.127. The number of nitrogens with zero attached hydrogens (tertiary/aromatic N) is 4. The van der Waals surface area contributed by atoms with E-state index in [1.54, 1.807) is 23.1 Å². The summed E-state index contributed by atoms with van der Waals surface area (Å²) >= 11 is 0. The van der Waals surface area contributed by atoms with Crippen molar-refractivity contribution in [2.75, 3.05) is 26.2 Å². The van der Waals surface area contributed by atoms with Crippen LogP contribution in [-0.2, 0) is 11.3 Å². The van der Waals surface area contributed by atoms with Crippen molar-refractivity contribution in [3.63, 3.8) is 0 Å². The first-order chi connectivity index (χ1) is 14.6. The molecule has 0 spiro atoms. The normalized spacial score (nSPS) is 15.1. The molecule has 30 heavy (non-hydrogen) atoms. The highest BCUT2D eigenvalue weighted by Gasteiger charge is 2.21. The second kappa shape index (κ2) is 9.00. The van der Waals surface area contributed by atoms with Crippen LogP contribution in [-0.4, -0.2) is 52.0 Å². The summed E-state index contributed by atoms with van der Waals surface area (Å²) in [6.45, 7) is 5.18. The van der Waals surface area contributed by atoms with Crippen molar-refractivity contribution in [2.45, 2.75) is 13.5 Å². The lowest BCUT2D eigenvalue weighted by Crippen LogP contribution is -2.47. The second-order valence-electron chi connectivity index (χ2n) is 7.28. The molecule has 0 radical (unpaired) electrons. The largest absolute Gasteiger partial charge is 0.338 e. The number of carbonyl (C=O) groups excluding carboxylic acids is 1. The molecule has 4 rings (SSSR count). The van der Waals surface area contributed by atoms with E-state index in [1.807, 2.05) is 31.2 Å². The van der Waals surface area contributed by atoms with Crippen molar-refractivity contribution in [1.29, 1.82) is 0 Å². The fourth-order valence-electron chi connectivity index (χ4n) is 3.45. The van der Waals surface area contributed by atoms with Gasteiger partial charge in [0.25, 0.3) is 0 Å². The minimum atomic E-state index is -0.337. The van der Waals surface area contributed by atoms with Crippen molar-refractivity contribution >= 4 is 12.0 Å². The average Bonchev–Trinajstić information content (AvgIpc) is 3.22. The Labute approximate surface area is 174 Å². The van der Waals surface area contributed by atoms with Gasteiger partial charge in [-0.3, -0.25) is 9.69 Å². The van der Waals surface area contributed by atoms with E-state index in [2.05, 4.69) is 15.0 Å². The number of amides is 1. The molecule has 1 fully saturated rings. The number of aromatic nitrogens is 2. The van der Waals surface area contributed by atoms with Gasteiger partial charge in [-0.25, -0.2) is 4.39 Å². The molecule has 0 unspecified atom stereocenters. The topological polar surface area (TPSA) is 62.5 Å². The van der Waals surface area contributed by atoms with Crippen molar-refractivity contribution in [3.8, 4) is 11.4 Å². The Kier molecular flexibility index (Phi) is 5.99. The molecule has 2 heterocycles. The van der Waals surface area contributed by atoms with Crippen LogP contribution in [0.3, 0.4) is 0 Å². The fraction of sp³-hybridized carbons (Fsp3) is 0.261. The highest BCUT2D eigenvalue weighted by Crippen LogP contribution is 2.20. The molecule has 1 aliphatic heterocycles. The van der Waals surface area contributed by atoms with Crippen molar-refractivity contribution in [1.82, 2.24) is 19.9 Å². The third-order valence-corrected chi connectivity index (χ3v) is 5.21. The number of halogens is 1. The molecule has 3 aromatic rings. The minimum Gasteiger partial charge on any atom is -0.338 e. The summed E-state index contributed by atoms with van der Waals surface area (Å²) in [4.78, 5) is 20.9. The van der Waals surface area contributed by atoms with Gasteiger partial charge in [0.2, 0.25) is 17.6 Å². The monoisotopic (exact) mass is 406 g/mol. The highest BCUT2D eigenvalue weighted by molar-refractivity contribution is 5.91. The Bertz CT molecular complexity index is 1050. The molecular formula is C23H23FN4O2. The number of aryl methyl sites for hydroxylation is 1. The third kappa shape index (κ3) is 4.63. The maximum Gasteiger partial charge on any atom is 0.246 e. The predicted molar refractivity (Wildman–Crippen MR) is 112 cm³/mol. The van der Waals surface area contributed by atoms with Gasteiger partial charge in [0.05, 0.1) is 6.54 Å². The molecule has 7 heteroatoms. The predicted octanol–water partition coefficient (Wildman–Crippen LogP) is 3.54. The molecule has 6 nitrogen and oxygen atoms in total. The molecule has 0 bridgehead atoms. The van der Waals surface area contributed by atoms with Crippen LogP contribution in [0.15, 0.2) is 59.1 Å². The van der Waals surface area contributed by atoms with Crippen LogP contribution >= 0.6 is 0 Å². The van der Waals surface area contributed by atoms with Crippen LogP contribution in [0.25, 0.3) is 17.5 Å². The number of rotatable bonds is 5. The zero-order valence-corrected chi connectivity index (χ0v) is 16.8. The zero-order chi connectivity index (χ0) is 20.9. The fourth-order valence-corrected chi connectivity index (χ4v) is 3.45. The van der Waals surface area contributed by atoms with E-state index in [-0.39, 0.29) is 11.7 Å². The van der Waals surface area contributed by atoms with E-state index in [9.17, 15) is 9.18 Å². The molecule has 154 valence electrons. The second-order valence-corrected chi connectivity index (χ2v) is 7.28. The van der Waals surface area contributed by atoms with Crippen LogP contribution in [0.1, 0.15) is 17.0 Å². The van der Waals surface area contributed by atoms with E-state index < -0.39 is 0 Å². The average molecular weight is 406 g/mol. The van der Waals surface area contributed by atoms with Gasteiger partial charge in [0.1, 0.15) is 5.82 Å². The zero-order valence-electron chi connectivity index (χ0n) is 16.8. The Balaban J connectivity index is 1.30. The molecule has 1 amide bonds. The smallest absolute Gasteiger partial charge is 0.246 e. The molecule has 0 saturated carbocycles.